The summed E-state index contributed by atoms with van der Waals surface area (Å²) in [6, 6.07) is 4.28. The Bertz CT molecular complexity index is 429. The fraction of sp³-hybridized carbons (Fsp3) is 0.333. The van der Waals surface area contributed by atoms with Crippen molar-refractivity contribution >= 4 is 27.9 Å². The molecule has 0 bridgehead atoms. The zero-order chi connectivity index (χ0) is 12.8. The van der Waals surface area contributed by atoms with E-state index in [0.717, 1.165) is 12.8 Å². The molecule has 0 aliphatic rings. The van der Waals surface area contributed by atoms with Crippen LogP contribution in [0.1, 0.15) is 36.5 Å². The number of hydrogen-bond donors (Lipinski definition) is 1. The van der Waals surface area contributed by atoms with Gasteiger partial charge in [0.1, 0.15) is 5.75 Å². The summed E-state index contributed by atoms with van der Waals surface area (Å²) in [7, 11) is 0. The summed E-state index contributed by atoms with van der Waals surface area (Å²) in [6.45, 7) is 1.99. The van der Waals surface area contributed by atoms with Crippen molar-refractivity contribution in [2.45, 2.75) is 26.2 Å². The van der Waals surface area contributed by atoms with Crippen molar-refractivity contribution in [2.24, 2.45) is 0 Å². The fourth-order valence-corrected chi connectivity index (χ4v) is 1.67. The molecule has 17 heavy (non-hydrogen) atoms. The summed E-state index contributed by atoms with van der Waals surface area (Å²) in [5, 5.41) is 8.77. The number of unbranched alkanes of at least 4 members (excludes halogenated alkanes) is 1. The molecule has 1 aromatic rings. The number of aromatic carboxylic acids is 1. The summed E-state index contributed by atoms with van der Waals surface area (Å²) >= 11 is 3.17. The Balaban J connectivity index is 2.72. The van der Waals surface area contributed by atoms with E-state index in [9.17, 15) is 9.59 Å². The zero-order valence-corrected chi connectivity index (χ0v) is 11.0. The molecular formula is C12H13BrO4. The van der Waals surface area contributed by atoms with Gasteiger partial charge in [-0.2, -0.15) is 0 Å². The van der Waals surface area contributed by atoms with Crippen LogP contribution in [0.15, 0.2) is 22.7 Å². The fourth-order valence-electron chi connectivity index (χ4n) is 1.21. The van der Waals surface area contributed by atoms with Crippen LogP contribution in [0.2, 0.25) is 0 Å². The molecule has 0 atom stereocenters. The molecule has 0 aliphatic carbocycles. The van der Waals surface area contributed by atoms with Gasteiger partial charge >= 0.3 is 11.9 Å². The van der Waals surface area contributed by atoms with Gasteiger partial charge in [0.25, 0.3) is 0 Å². The average molecular weight is 301 g/mol. The van der Waals surface area contributed by atoms with Gasteiger partial charge < -0.3 is 9.84 Å². The molecule has 0 amide bonds. The number of carboxylic acids is 1. The minimum atomic E-state index is -1.02. The van der Waals surface area contributed by atoms with E-state index in [4.69, 9.17) is 9.84 Å². The molecule has 0 radical (unpaired) electrons. The molecule has 0 saturated heterocycles. The molecule has 0 saturated carbocycles. The number of halogens is 1. The van der Waals surface area contributed by atoms with Crippen LogP contribution in [0.5, 0.6) is 5.75 Å². The van der Waals surface area contributed by atoms with E-state index in [2.05, 4.69) is 15.9 Å². The predicted molar refractivity (Wildman–Crippen MR) is 66.3 cm³/mol. The third-order valence-electron chi connectivity index (χ3n) is 2.14. The monoisotopic (exact) mass is 300 g/mol. The van der Waals surface area contributed by atoms with Crippen LogP contribution in [-0.4, -0.2) is 17.0 Å². The minimum absolute atomic E-state index is 0.144. The van der Waals surface area contributed by atoms with Gasteiger partial charge in [-0.3, -0.25) is 4.79 Å². The van der Waals surface area contributed by atoms with E-state index in [1.54, 1.807) is 0 Å². The second-order valence-electron chi connectivity index (χ2n) is 3.53. The summed E-state index contributed by atoms with van der Waals surface area (Å²) < 4.78 is 5.56. The van der Waals surface area contributed by atoms with Gasteiger partial charge in [0, 0.05) is 6.42 Å². The molecule has 5 heteroatoms. The maximum absolute atomic E-state index is 11.4. The summed E-state index contributed by atoms with van der Waals surface area (Å²) in [5.41, 5.74) is 0.144. The lowest BCUT2D eigenvalue weighted by molar-refractivity contribution is -0.134. The Morgan fingerprint density at radius 3 is 2.65 bits per heavy atom. The third kappa shape index (κ3) is 4.19. The molecule has 92 valence electrons. The van der Waals surface area contributed by atoms with Crippen LogP contribution in [0.3, 0.4) is 0 Å². The Kier molecular flexibility index (Phi) is 5.15. The van der Waals surface area contributed by atoms with Gasteiger partial charge in [-0.25, -0.2) is 4.79 Å². The van der Waals surface area contributed by atoms with Gasteiger partial charge in [0.05, 0.1) is 10.0 Å². The standard InChI is InChI=1S/C12H13BrO4/c1-2-3-4-11(14)17-10-6-5-8(12(15)16)7-9(10)13/h5-7H,2-4H2,1H3,(H,15,16). The lowest BCUT2D eigenvalue weighted by Gasteiger charge is -2.06. The summed E-state index contributed by atoms with van der Waals surface area (Å²) in [5.74, 6) is -0.985. The number of rotatable bonds is 5. The first-order valence-electron chi connectivity index (χ1n) is 5.28. The number of esters is 1. The molecular weight excluding hydrogens is 288 g/mol. The number of hydrogen-bond acceptors (Lipinski definition) is 3. The maximum atomic E-state index is 11.4. The number of carbonyl (C=O) groups is 2. The Labute approximate surface area is 108 Å². The molecule has 0 fully saturated rings. The second kappa shape index (κ2) is 6.39. The SMILES string of the molecule is CCCCC(=O)Oc1ccc(C(=O)O)cc1Br. The van der Waals surface area contributed by atoms with E-state index in [1.807, 2.05) is 6.92 Å². The quantitative estimate of drug-likeness (QED) is 0.670. The first kappa shape index (κ1) is 13.7. The lowest BCUT2D eigenvalue weighted by Crippen LogP contribution is -2.08. The first-order valence-corrected chi connectivity index (χ1v) is 6.07. The van der Waals surface area contributed by atoms with E-state index in [0.29, 0.717) is 16.6 Å². The van der Waals surface area contributed by atoms with Crippen molar-refractivity contribution in [1.82, 2.24) is 0 Å². The van der Waals surface area contributed by atoms with Gasteiger partial charge in [0.2, 0.25) is 0 Å². The van der Waals surface area contributed by atoms with E-state index >= 15 is 0 Å². The lowest BCUT2D eigenvalue weighted by atomic mass is 10.2. The largest absolute Gasteiger partial charge is 0.478 e. The van der Waals surface area contributed by atoms with E-state index < -0.39 is 5.97 Å². The molecule has 1 aromatic carbocycles. The predicted octanol–water partition coefficient (Wildman–Crippen LogP) is 3.24. The molecule has 0 aliphatic heterocycles. The highest BCUT2D eigenvalue weighted by molar-refractivity contribution is 9.10. The molecule has 1 rings (SSSR count). The van der Waals surface area contributed by atoms with Crippen LogP contribution >= 0.6 is 15.9 Å². The molecule has 0 heterocycles. The van der Waals surface area contributed by atoms with Crippen molar-refractivity contribution in [1.29, 1.82) is 0 Å². The van der Waals surface area contributed by atoms with Crippen molar-refractivity contribution in [2.75, 3.05) is 0 Å². The molecule has 4 nitrogen and oxygen atoms in total. The van der Waals surface area contributed by atoms with Crippen LogP contribution in [0.4, 0.5) is 0 Å². The van der Waals surface area contributed by atoms with Gasteiger partial charge in [-0.05, 0) is 40.5 Å². The Morgan fingerprint density at radius 1 is 1.41 bits per heavy atom. The molecule has 0 aromatic heterocycles. The highest BCUT2D eigenvalue weighted by atomic mass is 79.9. The molecule has 0 spiro atoms. The minimum Gasteiger partial charge on any atom is -0.478 e. The number of carbonyl (C=O) groups excluding carboxylic acids is 1. The van der Waals surface area contributed by atoms with Crippen molar-refractivity contribution in [3.05, 3.63) is 28.2 Å². The van der Waals surface area contributed by atoms with Crippen LogP contribution in [0.25, 0.3) is 0 Å². The van der Waals surface area contributed by atoms with Crippen molar-refractivity contribution in [3.8, 4) is 5.75 Å². The van der Waals surface area contributed by atoms with Gasteiger partial charge in [0.15, 0.2) is 0 Å². The number of carboxylic acid groups (broad SMARTS) is 1. The third-order valence-corrected chi connectivity index (χ3v) is 2.76. The Hall–Kier alpha value is -1.36. The van der Waals surface area contributed by atoms with Gasteiger partial charge in [-0.15, -0.1) is 0 Å². The molecule has 0 unspecified atom stereocenters. The summed E-state index contributed by atoms with van der Waals surface area (Å²) in [4.78, 5) is 22.1. The van der Waals surface area contributed by atoms with Gasteiger partial charge in [-0.1, -0.05) is 13.3 Å². The average Bonchev–Trinajstić information content (AvgIpc) is 2.28. The highest BCUT2D eigenvalue weighted by Crippen LogP contribution is 2.26. The smallest absolute Gasteiger partial charge is 0.335 e. The second-order valence-corrected chi connectivity index (χ2v) is 4.38. The van der Waals surface area contributed by atoms with E-state index in [-0.39, 0.29) is 11.5 Å². The number of ether oxygens (including phenoxy) is 1. The topological polar surface area (TPSA) is 63.6 Å². The van der Waals surface area contributed by atoms with Crippen LogP contribution in [-0.2, 0) is 4.79 Å². The normalized spacial score (nSPS) is 10.0. The van der Waals surface area contributed by atoms with E-state index in [1.165, 1.54) is 18.2 Å². The first-order chi connectivity index (χ1) is 8.04. The van der Waals surface area contributed by atoms with Crippen LogP contribution < -0.4 is 4.74 Å². The maximum Gasteiger partial charge on any atom is 0.335 e. The van der Waals surface area contributed by atoms with Crippen molar-refractivity contribution in [3.63, 3.8) is 0 Å². The number of benzene rings is 1. The summed E-state index contributed by atoms with van der Waals surface area (Å²) in [6.07, 6.45) is 2.07. The van der Waals surface area contributed by atoms with Crippen molar-refractivity contribution < 1.29 is 19.4 Å². The highest BCUT2D eigenvalue weighted by Gasteiger charge is 2.10. The zero-order valence-electron chi connectivity index (χ0n) is 9.40. The Morgan fingerprint density at radius 2 is 2.12 bits per heavy atom. The molecule has 1 N–H and O–H groups in total. The van der Waals surface area contributed by atoms with Crippen LogP contribution in [0, 0.1) is 0 Å².